The maximum absolute atomic E-state index is 11.7. The average molecular weight is 883 g/mol. The van der Waals surface area contributed by atoms with Crippen molar-refractivity contribution in [2.24, 2.45) is 57.3 Å². The van der Waals surface area contributed by atoms with Gasteiger partial charge < -0.3 is 39.1 Å². The Kier molecular flexibility index (Phi) is 23.9. The van der Waals surface area contributed by atoms with Crippen LogP contribution >= 0.6 is 0 Å². The second-order valence-electron chi connectivity index (χ2n) is 10.6. The van der Waals surface area contributed by atoms with Crippen LogP contribution < -0.4 is 10.2 Å². The fourth-order valence-electron chi connectivity index (χ4n) is 7.50. The van der Waals surface area contributed by atoms with Crippen LogP contribution in [0.4, 0.5) is 0 Å². The fourth-order valence-corrected chi connectivity index (χ4v) is 7.50. The molecule has 6 aliphatic rings. The molecule has 2 heterocycles. The number of carbonyl (C=O) groups excluding carboxylic acids is 6. The Morgan fingerprint density at radius 3 is 1.43 bits per heavy atom. The standard InChI is InChI=1S/C12H15NO5.C11H13NO5.2C2H3O.2S2.2Y/c1-4(14)18-10-6-3-5(9(10)17-2)7-8(6)12(16)13-11(7)15;1-3(13)17-9-5-2-4(8(9)14)6-7(5)11(16)12-10(6)15;2*1-2-3;2*1-2;;/h5-10H,3H2,1-2H3,(H,13,15,16);4-9,14H,2H2,1H3,(H,12,15,16);2*1H3;;;;/q;;2*-1;;;;/p-2. The predicted octanol–water partition coefficient (Wildman–Crippen LogP) is -2.21. The number of aliphatic hydroxyl groups excluding tert-OH is 1. The van der Waals surface area contributed by atoms with Crippen LogP contribution in [0.25, 0.3) is 0 Å². The molecule has 20 heteroatoms. The topological polar surface area (TPSA) is 221 Å². The predicted molar refractivity (Wildman–Crippen MR) is 162 cm³/mol. The van der Waals surface area contributed by atoms with E-state index in [4.69, 9.17) is 23.8 Å². The summed E-state index contributed by atoms with van der Waals surface area (Å²) >= 11 is 14.7. The number of aliphatic hydroxyl groups is 1. The molecule has 14 nitrogen and oxygen atoms in total. The Balaban J connectivity index is 0. The Hall–Kier alpha value is -0.432. The van der Waals surface area contributed by atoms with Gasteiger partial charge in [0, 0.05) is 155 Å². The van der Waals surface area contributed by atoms with Crippen LogP contribution in [0.2, 0.25) is 0 Å². The van der Waals surface area contributed by atoms with Gasteiger partial charge in [-0.25, -0.2) is 9.98 Å². The molecule has 0 saturated heterocycles. The van der Waals surface area contributed by atoms with Crippen molar-refractivity contribution in [2.75, 3.05) is 7.11 Å². The normalized spacial score (nSPS) is 34.9. The molecule has 4 saturated carbocycles. The molecule has 0 spiro atoms. The summed E-state index contributed by atoms with van der Waals surface area (Å²) in [6.45, 7) is 5.24. The van der Waals surface area contributed by atoms with E-state index in [9.17, 15) is 34.5 Å². The van der Waals surface area contributed by atoms with Crippen molar-refractivity contribution in [3.63, 3.8) is 0 Å². The number of hydrogen-bond acceptors (Lipinski definition) is 16. The Labute approximate surface area is 342 Å². The monoisotopic (exact) mass is 882 g/mol. The van der Waals surface area contributed by atoms with Gasteiger partial charge in [0.1, 0.15) is 12.2 Å². The van der Waals surface area contributed by atoms with Crippen LogP contribution in [-0.2, 0) is 153 Å². The van der Waals surface area contributed by atoms with E-state index in [1.54, 1.807) is 0 Å². The largest absolute Gasteiger partial charge is 0.861 e. The zero-order valence-electron chi connectivity index (χ0n) is 26.0. The van der Waals surface area contributed by atoms with Crippen molar-refractivity contribution in [1.82, 2.24) is 0 Å². The summed E-state index contributed by atoms with van der Waals surface area (Å²) in [6.07, 6.45) is 2.01. The average Bonchev–Trinajstić information content (AvgIpc) is 3.81. The number of aliphatic imine (C=N–C) groups is 2. The maximum atomic E-state index is 11.7. The second kappa shape index (κ2) is 23.1. The Morgan fingerprint density at radius 1 is 0.723 bits per heavy atom. The van der Waals surface area contributed by atoms with Crippen LogP contribution in [-0.4, -0.2) is 84.8 Å². The van der Waals surface area contributed by atoms with Crippen molar-refractivity contribution in [2.45, 2.75) is 65.0 Å². The van der Waals surface area contributed by atoms with E-state index in [2.05, 4.69) is 54.7 Å². The summed E-state index contributed by atoms with van der Waals surface area (Å²) in [5, 5.41) is 33.2. The van der Waals surface area contributed by atoms with E-state index in [0.29, 0.717) is 12.8 Å². The van der Waals surface area contributed by atoms with Gasteiger partial charge in [0.2, 0.25) is 11.8 Å². The first-order chi connectivity index (χ1) is 21.4. The molecule has 0 aromatic heterocycles. The Morgan fingerprint density at radius 2 is 1.04 bits per heavy atom. The van der Waals surface area contributed by atoms with E-state index < -0.39 is 53.8 Å². The molecule has 2 radical (unpaired) electrons. The SMILES string of the molecule is CC(=O)OC1C(O)C2CC1C1C(=O)N=C([O-])C21.COC1C2CC(C1OC(C)=O)C1C(=O)N=C([O-])C21.C[C-]=O.C[C-]=O.S=S.S=S.[Y].[Y]. The van der Waals surface area contributed by atoms with E-state index in [1.165, 1.54) is 47.4 Å². The van der Waals surface area contributed by atoms with E-state index in [1.807, 2.05) is 0 Å². The number of amides is 2. The molecule has 12 atom stereocenters. The van der Waals surface area contributed by atoms with Crippen LogP contribution in [0.3, 0.4) is 0 Å². The number of nitrogens with zero attached hydrogens (tertiary/aromatic N) is 2. The maximum Gasteiger partial charge on any atom is 0.303 e. The van der Waals surface area contributed by atoms with Crippen molar-refractivity contribution in [1.29, 1.82) is 0 Å². The van der Waals surface area contributed by atoms with E-state index in [-0.39, 0.29) is 119 Å². The minimum absolute atomic E-state index is 0. The van der Waals surface area contributed by atoms with E-state index >= 15 is 0 Å². The first-order valence-corrected chi connectivity index (χ1v) is 16.1. The molecule has 0 aromatic rings. The summed E-state index contributed by atoms with van der Waals surface area (Å²) in [5.41, 5.74) is 0. The number of esters is 2. The van der Waals surface area contributed by atoms with Gasteiger partial charge in [-0.05, 0) is 36.5 Å². The Bertz CT molecular complexity index is 1190. The van der Waals surface area contributed by atoms with Crippen LogP contribution in [0.1, 0.15) is 40.5 Å². The molecule has 47 heavy (non-hydrogen) atoms. The van der Waals surface area contributed by atoms with Gasteiger partial charge in [-0.2, -0.15) is 13.8 Å². The minimum atomic E-state index is -0.852. The first kappa shape index (κ1) is 48.7. The number of rotatable bonds is 3. The number of hydrogen-bond donors (Lipinski definition) is 1. The third-order valence-electron chi connectivity index (χ3n) is 8.53. The van der Waals surface area contributed by atoms with Crippen molar-refractivity contribution in [3.8, 4) is 0 Å². The molecule has 2 amide bonds. The quantitative estimate of drug-likeness (QED) is 0.235. The van der Waals surface area contributed by atoms with Gasteiger partial charge >= 0.3 is 11.9 Å². The smallest absolute Gasteiger partial charge is 0.303 e. The number of ether oxygens (including phenoxy) is 3. The molecule has 0 aromatic carbocycles. The van der Waals surface area contributed by atoms with E-state index in [0.717, 1.165) is 0 Å². The van der Waals surface area contributed by atoms with Crippen LogP contribution in [0, 0.1) is 47.3 Å². The van der Waals surface area contributed by atoms with Crippen LogP contribution in [0.5, 0.6) is 0 Å². The molecular formula is C27H32N2O12S4Y2-4. The molecule has 1 N–H and O–H groups in total. The molecular weight excluding hydrogens is 850 g/mol. The van der Waals surface area contributed by atoms with Crippen molar-refractivity contribution in [3.05, 3.63) is 0 Å². The van der Waals surface area contributed by atoms with Crippen LogP contribution in [0.15, 0.2) is 9.98 Å². The summed E-state index contributed by atoms with van der Waals surface area (Å²) in [5.74, 6) is -4.88. The summed E-state index contributed by atoms with van der Waals surface area (Å²) in [6, 6.07) is 0. The number of carbonyl (C=O) groups is 4. The molecule has 4 bridgehead atoms. The first-order valence-electron chi connectivity index (χ1n) is 13.4. The van der Waals surface area contributed by atoms with Gasteiger partial charge in [0.15, 0.2) is 0 Å². The van der Waals surface area contributed by atoms with Crippen molar-refractivity contribution >= 4 is 92.9 Å². The molecule has 2 aliphatic heterocycles. The summed E-state index contributed by atoms with van der Waals surface area (Å²) in [7, 11) is 1.54. The fraction of sp³-hybridized carbons (Fsp3) is 0.704. The minimum Gasteiger partial charge on any atom is -0.861 e. The third kappa shape index (κ3) is 10.8. The summed E-state index contributed by atoms with van der Waals surface area (Å²) < 4.78 is 15.7. The number of methoxy groups -OCH3 is 1. The van der Waals surface area contributed by atoms with Gasteiger partial charge in [-0.1, -0.05) is 0 Å². The molecule has 4 fully saturated rings. The number of fused-ring (bicyclic) bond motifs is 10. The molecule has 256 valence electrons. The third-order valence-corrected chi connectivity index (χ3v) is 8.53. The van der Waals surface area contributed by atoms with Gasteiger partial charge in [0.25, 0.3) is 0 Å². The zero-order chi connectivity index (χ0) is 34.8. The van der Waals surface area contributed by atoms with Gasteiger partial charge in [0.05, 0.1) is 24.0 Å². The van der Waals surface area contributed by atoms with Gasteiger partial charge in [-0.3, -0.25) is 31.8 Å². The molecule has 4 aliphatic carbocycles. The second-order valence-corrected chi connectivity index (χ2v) is 10.6. The molecule has 6 rings (SSSR count). The molecule has 12 unspecified atom stereocenters. The van der Waals surface area contributed by atoms with Gasteiger partial charge in [-0.15, -0.1) is 0 Å². The zero-order valence-corrected chi connectivity index (χ0v) is 34.9. The summed E-state index contributed by atoms with van der Waals surface area (Å²) in [4.78, 5) is 69.7. The van der Waals surface area contributed by atoms with Crippen molar-refractivity contribution < 1.29 is 124 Å².